The summed E-state index contributed by atoms with van der Waals surface area (Å²) in [5.41, 5.74) is 7.90. The van der Waals surface area contributed by atoms with Gasteiger partial charge in [0.25, 0.3) is 0 Å². The summed E-state index contributed by atoms with van der Waals surface area (Å²) in [6, 6.07) is 55.4. The molecule has 0 aliphatic rings. The second-order valence-electron chi connectivity index (χ2n) is 14.4. The van der Waals surface area contributed by atoms with Crippen LogP contribution in [0.5, 0.6) is 0 Å². The normalized spacial score (nSPS) is 12.6. The Kier molecular flexibility index (Phi) is 4.94. The van der Waals surface area contributed by atoms with Crippen molar-refractivity contribution in [2.75, 3.05) is 0 Å². The average molecular weight is 631 g/mol. The van der Waals surface area contributed by atoms with Gasteiger partial charge in [0.05, 0.1) is 0 Å². The molecule has 12 aromatic rings. The van der Waals surface area contributed by atoms with E-state index in [9.17, 15) is 0 Å². The summed E-state index contributed by atoms with van der Waals surface area (Å²) in [6.45, 7) is 4.55. The lowest BCUT2D eigenvalue weighted by Gasteiger charge is -2.19. The van der Waals surface area contributed by atoms with Gasteiger partial charge in [-0.25, -0.2) is 0 Å². The molecule has 0 aromatic heterocycles. The van der Waals surface area contributed by atoms with Gasteiger partial charge in [0.2, 0.25) is 0 Å². The molecule has 230 valence electrons. The van der Waals surface area contributed by atoms with Crippen molar-refractivity contribution >= 4 is 97.0 Å². The van der Waals surface area contributed by atoms with Gasteiger partial charge in [-0.05, 0) is 162 Å². The quantitative estimate of drug-likeness (QED) is 0.167. The SMILES string of the molecule is Cc1ccccc1-c1c2cc3c(cc2c(-c2ccccc2C)c2c4cc5cccc6ccc7ccc(c12)c4c7c65)c1cccc2cccc3c21. The Labute approximate surface area is 288 Å². The highest BCUT2D eigenvalue weighted by molar-refractivity contribution is 6.46. The molecule has 0 saturated heterocycles. The first-order valence-corrected chi connectivity index (χ1v) is 17.7. The van der Waals surface area contributed by atoms with Crippen LogP contribution in [-0.4, -0.2) is 0 Å². The summed E-state index contributed by atoms with van der Waals surface area (Å²) >= 11 is 0. The van der Waals surface area contributed by atoms with Crippen LogP contribution in [0.25, 0.3) is 119 Å². The lowest BCUT2D eigenvalue weighted by molar-refractivity contribution is 1.47. The zero-order chi connectivity index (χ0) is 32.8. The van der Waals surface area contributed by atoms with Crippen LogP contribution in [0.2, 0.25) is 0 Å². The highest BCUT2D eigenvalue weighted by Gasteiger charge is 2.27. The minimum atomic E-state index is 1.30. The van der Waals surface area contributed by atoms with Crippen molar-refractivity contribution in [2.24, 2.45) is 0 Å². The summed E-state index contributed by atoms with van der Waals surface area (Å²) in [5.74, 6) is 0. The summed E-state index contributed by atoms with van der Waals surface area (Å²) in [7, 11) is 0. The Morgan fingerprint density at radius 2 is 0.760 bits per heavy atom. The Morgan fingerprint density at radius 1 is 0.260 bits per heavy atom. The third kappa shape index (κ3) is 3.18. The second-order valence-corrected chi connectivity index (χ2v) is 14.4. The Morgan fingerprint density at radius 3 is 1.38 bits per heavy atom. The maximum absolute atomic E-state index is 2.54. The maximum Gasteiger partial charge on any atom is -0.000708 e. The van der Waals surface area contributed by atoms with Crippen LogP contribution in [0.1, 0.15) is 11.1 Å². The molecule has 0 aliphatic heterocycles. The van der Waals surface area contributed by atoms with Crippen LogP contribution in [0.3, 0.4) is 0 Å². The fourth-order valence-corrected chi connectivity index (χ4v) is 9.83. The zero-order valence-electron chi connectivity index (χ0n) is 27.9. The molecule has 0 heterocycles. The van der Waals surface area contributed by atoms with E-state index in [4.69, 9.17) is 0 Å². The standard InChI is InChI=1S/C50H30/c1-27-10-3-5-16-33(27)46-40-25-38-35-18-8-13-29-14-9-19-36(44(29)35)39(38)26-41(40)47(34-17-6-4-11-28(34)2)50-42-24-32-15-7-12-30-20-21-31-22-23-37(49(46)50)48(42)45(31)43(30)32/h3-26H,1-2H3. The van der Waals surface area contributed by atoms with E-state index in [1.807, 2.05) is 0 Å². The van der Waals surface area contributed by atoms with Gasteiger partial charge >= 0.3 is 0 Å². The topological polar surface area (TPSA) is 0 Å². The molecule has 0 heteroatoms. The van der Waals surface area contributed by atoms with Crippen molar-refractivity contribution in [3.05, 3.63) is 157 Å². The van der Waals surface area contributed by atoms with E-state index in [0.717, 1.165) is 0 Å². The summed E-state index contributed by atoms with van der Waals surface area (Å²) in [6.07, 6.45) is 0. The number of aryl methyl sites for hydroxylation is 2. The molecule has 0 nitrogen and oxygen atoms in total. The molecular formula is C50H30. The summed E-state index contributed by atoms with van der Waals surface area (Å²) < 4.78 is 0. The largest absolute Gasteiger partial charge is 0.0620 e. The smallest absolute Gasteiger partial charge is 0.000708 e. The lowest BCUT2D eigenvalue weighted by Crippen LogP contribution is -1.92. The van der Waals surface area contributed by atoms with Gasteiger partial charge in [-0.2, -0.15) is 0 Å². The predicted octanol–water partition coefficient (Wildman–Crippen LogP) is 14.3. The van der Waals surface area contributed by atoms with Crippen LogP contribution in [0, 0.1) is 13.8 Å². The number of hydrogen-bond acceptors (Lipinski definition) is 0. The molecule has 50 heavy (non-hydrogen) atoms. The van der Waals surface area contributed by atoms with E-state index in [2.05, 4.69) is 159 Å². The van der Waals surface area contributed by atoms with Crippen molar-refractivity contribution < 1.29 is 0 Å². The van der Waals surface area contributed by atoms with Gasteiger partial charge in [-0.1, -0.05) is 127 Å². The van der Waals surface area contributed by atoms with Crippen LogP contribution in [0.15, 0.2) is 146 Å². The van der Waals surface area contributed by atoms with Crippen LogP contribution in [-0.2, 0) is 0 Å². The third-order valence-electron chi connectivity index (χ3n) is 11.9. The fraction of sp³-hybridized carbons (Fsp3) is 0.0400. The third-order valence-corrected chi connectivity index (χ3v) is 11.9. The molecule has 0 saturated carbocycles. The first-order valence-electron chi connectivity index (χ1n) is 17.7. The number of benzene rings is 10. The van der Waals surface area contributed by atoms with Crippen LogP contribution in [0.4, 0.5) is 0 Å². The predicted molar refractivity (Wildman–Crippen MR) is 218 cm³/mol. The fourth-order valence-electron chi connectivity index (χ4n) is 9.83. The Balaban J connectivity index is 1.45. The molecule has 12 rings (SSSR count). The molecule has 0 fully saturated rings. The lowest BCUT2D eigenvalue weighted by atomic mass is 9.83. The molecule has 0 amide bonds. The summed E-state index contributed by atoms with van der Waals surface area (Å²) in [5, 5.41) is 24.2. The van der Waals surface area contributed by atoms with Crippen molar-refractivity contribution in [1.29, 1.82) is 0 Å². The van der Waals surface area contributed by atoms with E-state index >= 15 is 0 Å². The molecule has 0 aliphatic carbocycles. The van der Waals surface area contributed by atoms with Gasteiger partial charge in [-0.3, -0.25) is 0 Å². The minimum Gasteiger partial charge on any atom is -0.0620 e. The van der Waals surface area contributed by atoms with Gasteiger partial charge in [0.1, 0.15) is 0 Å². The summed E-state index contributed by atoms with van der Waals surface area (Å²) in [4.78, 5) is 0. The number of fused-ring (bicyclic) bond motifs is 7. The van der Waals surface area contributed by atoms with E-state index in [0.29, 0.717) is 0 Å². The monoisotopic (exact) mass is 630 g/mol. The van der Waals surface area contributed by atoms with E-state index in [1.165, 1.54) is 130 Å². The molecular weight excluding hydrogens is 601 g/mol. The van der Waals surface area contributed by atoms with Crippen LogP contribution < -0.4 is 0 Å². The molecule has 0 radical (unpaired) electrons. The highest BCUT2D eigenvalue weighted by Crippen LogP contribution is 2.55. The average Bonchev–Trinajstić information content (AvgIpc) is 3.64. The Bertz CT molecular complexity index is 3370. The second kappa shape index (κ2) is 9.26. The minimum absolute atomic E-state index is 1.30. The molecule has 0 unspecified atom stereocenters. The molecule has 0 spiro atoms. The highest BCUT2D eigenvalue weighted by atomic mass is 14.3. The van der Waals surface area contributed by atoms with E-state index in [1.54, 1.807) is 0 Å². The number of rotatable bonds is 2. The van der Waals surface area contributed by atoms with Gasteiger partial charge in [0.15, 0.2) is 0 Å². The molecule has 0 N–H and O–H groups in total. The van der Waals surface area contributed by atoms with Crippen molar-refractivity contribution in [3.8, 4) is 22.3 Å². The zero-order valence-corrected chi connectivity index (χ0v) is 27.9. The van der Waals surface area contributed by atoms with Crippen molar-refractivity contribution in [1.82, 2.24) is 0 Å². The maximum atomic E-state index is 2.54. The first-order chi connectivity index (χ1) is 24.7. The first kappa shape index (κ1) is 26.7. The van der Waals surface area contributed by atoms with Gasteiger partial charge in [-0.15, -0.1) is 0 Å². The van der Waals surface area contributed by atoms with Crippen molar-refractivity contribution in [2.45, 2.75) is 13.8 Å². The van der Waals surface area contributed by atoms with Gasteiger partial charge in [0, 0.05) is 0 Å². The Hall–Kier alpha value is -6.24. The molecule has 0 bridgehead atoms. The van der Waals surface area contributed by atoms with E-state index in [-0.39, 0.29) is 0 Å². The number of hydrogen-bond donors (Lipinski definition) is 0. The molecule has 12 aromatic carbocycles. The van der Waals surface area contributed by atoms with Gasteiger partial charge < -0.3 is 0 Å². The van der Waals surface area contributed by atoms with E-state index < -0.39 is 0 Å². The van der Waals surface area contributed by atoms with Crippen LogP contribution >= 0.6 is 0 Å². The van der Waals surface area contributed by atoms with Crippen molar-refractivity contribution in [3.63, 3.8) is 0 Å². The molecule has 0 atom stereocenters.